The van der Waals surface area contributed by atoms with Crippen molar-refractivity contribution >= 4 is 22.1 Å². The summed E-state index contributed by atoms with van der Waals surface area (Å²) in [5, 5.41) is 0. The van der Waals surface area contributed by atoms with E-state index in [9.17, 15) is 13.7 Å². The Morgan fingerprint density at radius 3 is 1.08 bits per heavy atom. The van der Waals surface area contributed by atoms with Crippen molar-refractivity contribution in [3.63, 3.8) is 0 Å². The van der Waals surface area contributed by atoms with Crippen LogP contribution in [0.25, 0.3) is 0 Å². The Balaban J connectivity index is 5.82. The van der Waals surface area contributed by atoms with Gasteiger partial charge in [0.1, 0.15) is 0 Å². The van der Waals surface area contributed by atoms with E-state index in [-0.39, 0.29) is 48.7 Å². The first kappa shape index (κ1) is 37.6. The molecule has 0 aromatic carbocycles. The zero-order valence-electron chi connectivity index (χ0n) is 26.2. The molecule has 0 amide bonds. The molecule has 37 heavy (non-hydrogen) atoms. The highest BCUT2D eigenvalue weighted by Gasteiger charge is 2.33. The molecule has 0 saturated carbocycles. The van der Waals surface area contributed by atoms with Crippen LogP contribution in [-0.4, -0.2) is 56.3 Å². The van der Waals surface area contributed by atoms with Gasteiger partial charge < -0.3 is 13.6 Å². The van der Waals surface area contributed by atoms with Crippen molar-refractivity contribution in [1.82, 2.24) is 0 Å². The SMILES string of the molecule is CC(C)CP(=O)(CC(C)C)OCCC(COP(=O)(CC(C)C)CC(C)C)OP(=O)(CC(C)C)CC(C)C. The van der Waals surface area contributed by atoms with Crippen molar-refractivity contribution in [3.05, 3.63) is 0 Å². The van der Waals surface area contributed by atoms with E-state index in [0.717, 1.165) is 0 Å². The van der Waals surface area contributed by atoms with E-state index in [0.29, 0.717) is 43.4 Å². The van der Waals surface area contributed by atoms with Crippen molar-refractivity contribution in [3.8, 4) is 0 Å². The lowest BCUT2D eigenvalue weighted by Crippen LogP contribution is -2.24. The summed E-state index contributed by atoms with van der Waals surface area (Å²) in [7, 11) is -8.61. The molecule has 6 nitrogen and oxygen atoms in total. The summed E-state index contributed by atoms with van der Waals surface area (Å²) in [5.74, 6) is 1.50. The first-order valence-electron chi connectivity index (χ1n) is 14.5. The molecule has 0 fully saturated rings. The molecule has 9 heteroatoms. The molecular weight excluding hydrogens is 525 g/mol. The summed E-state index contributed by atoms with van der Waals surface area (Å²) in [6.07, 6.45) is 3.00. The van der Waals surface area contributed by atoms with Crippen molar-refractivity contribution in [2.75, 3.05) is 50.2 Å². The molecule has 1 unspecified atom stereocenters. The Bertz CT molecular complexity index is 719. The van der Waals surface area contributed by atoms with Gasteiger partial charge >= 0.3 is 0 Å². The lowest BCUT2D eigenvalue weighted by Gasteiger charge is -2.30. The van der Waals surface area contributed by atoms with Gasteiger partial charge in [0.05, 0.1) is 19.3 Å². The van der Waals surface area contributed by atoms with E-state index in [1.165, 1.54) is 0 Å². The third kappa shape index (κ3) is 18.5. The Labute approximate surface area is 230 Å². The molecule has 0 heterocycles. The summed E-state index contributed by atoms with van der Waals surface area (Å²) < 4.78 is 59.8. The quantitative estimate of drug-likeness (QED) is 0.125. The minimum Gasteiger partial charge on any atom is -0.328 e. The van der Waals surface area contributed by atoms with Crippen LogP contribution < -0.4 is 0 Å². The zero-order valence-corrected chi connectivity index (χ0v) is 28.9. The maximum Gasteiger partial charge on any atom is 0.204 e. The second-order valence-electron chi connectivity index (χ2n) is 13.5. The summed E-state index contributed by atoms with van der Waals surface area (Å²) in [6, 6.07) is 0. The van der Waals surface area contributed by atoms with E-state index in [1.54, 1.807) is 0 Å². The maximum atomic E-state index is 13.9. The van der Waals surface area contributed by atoms with Gasteiger partial charge in [-0.25, -0.2) is 0 Å². The number of rotatable bonds is 21. The van der Waals surface area contributed by atoms with Crippen LogP contribution in [0.3, 0.4) is 0 Å². The van der Waals surface area contributed by atoms with Gasteiger partial charge in [0, 0.05) is 43.4 Å². The van der Waals surface area contributed by atoms with Crippen molar-refractivity contribution < 1.29 is 27.3 Å². The Morgan fingerprint density at radius 1 is 0.459 bits per heavy atom. The molecule has 0 rings (SSSR count). The average Bonchev–Trinajstić information content (AvgIpc) is 2.61. The molecule has 0 bridgehead atoms. The van der Waals surface area contributed by atoms with Gasteiger partial charge in [-0.05, 0) is 35.5 Å². The molecule has 224 valence electrons. The molecule has 0 aromatic rings. The van der Waals surface area contributed by atoms with Gasteiger partial charge in [0.2, 0.25) is 22.1 Å². The Kier molecular flexibility index (Phi) is 17.7. The summed E-state index contributed by atoms with van der Waals surface area (Å²) in [4.78, 5) is 0. The van der Waals surface area contributed by atoms with Crippen LogP contribution in [0.15, 0.2) is 0 Å². The van der Waals surface area contributed by atoms with Crippen LogP contribution in [-0.2, 0) is 27.3 Å². The Morgan fingerprint density at radius 2 is 0.757 bits per heavy atom. The summed E-state index contributed by atoms with van der Waals surface area (Å²) in [5.41, 5.74) is 0. The molecular formula is C28H61O6P3. The van der Waals surface area contributed by atoms with Crippen LogP contribution in [0.2, 0.25) is 0 Å². The van der Waals surface area contributed by atoms with Crippen molar-refractivity contribution in [1.29, 1.82) is 0 Å². The molecule has 0 aliphatic carbocycles. The Hall–Kier alpha value is 0.570. The highest BCUT2D eigenvalue weighted by molar-refractivity contribution is 7.59. The largest absolute Gasteiger partial charge is 0.328 e. The van der Waals surface area contributed by atoms with Gasteiger partial charge in [0.25, 0.3) is 0 Å². The molecule has 0 aliphatic rings. The predicted molar refractivity (Wildman–Crippen MR) is 162 cm³/mol. The van der Waals surface area contributed by atoms with Gasteiger partial charge in [-0.15, -0.1) is 0 Å². The van der Waals surface area contributed by atoms with Gasteiger partial charge in [0.15, 0.2) is 0 Å². The lowest BCUT2D eigenvalue weighted by molar-refractivity contribution is 0.107. The predicted octanol–water partition coefficient (Wildman–Crippen LogP) is 9.57. The smallest absolute Gasteiger partial charge is 0.204 e. The maximum absolute atomic E-state index is 13.9. The summed E-state index contributed by atoms with van der Waals surface area (Å²) in [6.45, 7) is 25.0. The third-order valence-corrected chi connectivity index (χ3v) is 15.1. The molecule has 1 atom stereocenters. The standard InChI is InChI=1S/C28H61O6P3/c1-22(2)16-35(29,17-23(3)4)32-14-13-28(34-37(31,20-26(9)10)21-27(11)12)15-33-36(30,18-24(5)6)19-25(7)8/h22-28H,13-21H2,1-12H3. The van der Waals surface area contributed by atoms with E-state index in [2.05, 4.69) is 83.1 Å². The minimum absolute atomic E-state index is 0.110. The second-order valence-corrected chi connectivity index (χ2v) is 21.4. The fourth-order valence-corrected chi connectivity index (χ4v) is 14.2. The minimum atomic E-state index is -2.95. The van der Waals surface area contributed by atoms with Crippen LogP contribution in [0.5, 0.6) is 0 Å². The zero-order chi connectivity index (χ0) is 29.0. The van der Waals surface area contributed by atoms with Gasteiger partial charge in [-0.1, -0.05) is 83.1 Å². The lowest BCUT2D eigenvalue weighted by atomic mass is 10.3. The van der Waals surface area contributed by atoms with Crippen molar-refractivity contribution in [2.45, 2.75) is 95.6 Å². The number of hydrogen-bond acceptors (Lipinski definition) is 6. The van der Waals surface area contributed by atoms with Crippen LogP contribution in [0.1, 0.15) is 89.5 Å². The van der Waals surface area contributed by atoms with E-state index in [1.807, 2.05) is 0 Å². The van der Waals surface area contributed by atoms with Crippen LogP contribution in [0, 0.1) is 35.5 Å². The molecule has 0 saturated heterocycles. The molecule has 0 aliphatic heterocycles. The topological polar surface area (TPSA) is 78.9 Å². The third-order valence-electron chi connectivity index (χ3n) is 5.46. The van der Waals surface area contributed by atoms with Crippen LogP contribution in [0.4, 0.5) is 0 Å². The molecule has 0 N–H and O–H groups in total. The molecule has 0 radical (unpaired) electrons. The second kappa shape index (κ2) is 17.4. The van der Waals surface area contributed by atoms with Gasteiger partial charge in [-0.2, -0.15) is 0 Å². The fourth-order valence-electron chi connectivity index (χ4n) is 4.87. The fraction of sp³-hybridized carbons (Fsp3) is 1.00. The monoisotopic (exact) mass is 586 g/mol. The summed E-state index contributed by atoms with van der Waals surface area (Å²) >= 11 is 0. The molecule has 0 spiro atoms. The van der Waals surface area contributed by atoms with Crippen molar-refractivity contribution in [2.24, 2.45) is 35.5 Å². The normalized spacial score (nSPS) is 14.8. The average molecular weight is 587 g/mol. The van der Waals surface area contributed by atoms with E-state index in [4.69, 9.17) is 13.6 Å². The highest BCUT2D eigenvalue weighted by Crippen LogP contribution is 2.54. The molecule has 0 aromatic heterocycles. The van der Waals surface area contributed by atoms with E-state index < -0.39 is 28.2 Å². The van der Waals surface area contributed by atoms with E-state index >= 15 is 0 Å². The highest BCUT2D eigenvalue weighted by atomic mass is 31.2. The van der Waals surface area contributed by atoms with Gasteiger partial charge in [-0.3, -0.25) is 13.7 Å². The first-order chi connectivity index (χ1) is 16.8. The number of hydrogen-bond donors (Lipinski definition) is 0. The first-order valence-corrected chi connectivity index (χ1v) is 20.5. The van der Waals surface area contributed by atoms with Crippen LogP contribution >= 0.6 is 22.1 Å².